The minimum absolute atomic E-state index is 0.0226. The first kappa shape index (κ1) is 16.4. The fourth-order valence-corrected chi connectivity index (χ4v) is 6.18. The molecule has 0 saturated heterocycles. The molecule has 24 heavy (non-hydrogen) atoms. The minimum Gasteiger partial charge on any atom is -0.388 e. The van der Waals surface area contributed by atoms with Crippen LogP contribution in [0.3, 0.4) is 0 Å². The third kappa shape index (κ3) is 3.32. The van der Waals surface area contributed by atoms with Crippen molar-refractivity contribution < 1.29 is 14.7 Å². The fourth-order valence-electron chi connectivity index (χ4n) is 6.18. The first-order chi connectivity index (χ1) is 11.4. The van der Waals surface area contributed by atoms with Crippen LogP contribution >= 0.6 is 0 Å². The zero-order valence-electron chi connectivity index (χ0n) is 14.5. The van der Waals surface area contributed by atoms with E-state index in [-0.39, 0.29) is 23.8 Å². The molecule has 0 spiro atoms. The van der Waals surface area contributed by atoms with Crippen LogP contribution < -0.4 is 10.6 Å². The van der Waals surface area contributed by atoms with Crippen LogP contribution in [-0.2, 0) is 9.59 Å². The third-order valence-corrected chi connectivity index (χ3v) is 7.05. The zero-order chi connectivity index (χ0) is 16.8. The third-order valence-electron chi connectivity index (χ3n) is 7.05. The van der Waals surface area contributed by atoms with Gasteiger partial charge in [0.1, 0.15) is 0 Å². The maximum atomic E-state index is 12.4. The van der Waals surface area contributed by atoms with Crippen LogP contribution in [-0.4, -0.2) is 35.6 Å². The van der Waals surface area contributed by atoms with Crippen molar-refractivity contribution in [3.8, 4) is 0 Å². The molecule has 0 atom stereocenters. The predicted molar refractivity (Wildman–Crippen MR) is 90.0 cm³/mol. The molecule has 134 valence electrons. The van der Waals surface area contributed by atoms with Gasteiger partial charge in [-0.25, -0.2) is 0 Å². The Labute approximate surface area is 144 Å². The number of amides is 2. The van der Waals surface area contributed by atoms with E-state index in [2.05, 4.69) is 10.6 Å². The normalized spacial score (nSPS) is 38.5. The number of hydrogen-bond donors (Lipinski definition) is 3. The quantitative estimate of drug-likeness (QED) is 0.692. The molecule has 4 bridgehead atoms. The van der Waals surface area contributed by atoms with Gasteiger partial charge in [-0.3, -0.25) is 9.59 Å². The van der Waals surface area contributed by atoms with Gasteiger partial charge in [0.15, 0.2) is 0 Å². The van der Waals surface area contributed by atoms with Crippen molar-refractivity contribution >= 4 is 11.8 Å². The first-order valence-electron chi connectivity index (χ1n) is 9.70. The monoisotopic (exact) mass is 334 g/mol. The number of carbonyl (C=O) groups is 2. The number of nitrogens with one attached hydrogen (secondary N) is 2. The Balaban J connectivity index is 1.21. The Morgan fingerprint density at radius 1 is 0.917 bits per heavy atom. The van der Waals surface area contributed by atoms with E-state index in [4.69, 9.17) is 0 Å². The standard InChI is InChI=1S/C19H30N2O3/c22-16(20-11-17(23)21-12-19(24)2-1-3-19)10-18-7-13-4-14(8-18)6-15(5-13)9-18/h13-15,24H,1-12H2,(H,20,22)(H,21,23). The summed E-state index contributed by atoms with van der Waals surface area (Å²) in [5.41, 5.74) is -0.491. The molecule has 5 saturated carbocycles. The highest BCUT2D eigenvalue weighted by molar-refractivity contribution is 5.85. The maximum Gasteiger partial charge on any atom is 0.239 e. The Morgan fingerprint density at radius 2 is 1.50 bits per heavy atom. The number of rotatable bonds is 6. The van der Waals surface area contributed by atoms with Gasteiger partial charge in [0.05, 0.1) is 12.1 Å². The molecule has 0 aromatic heterocycles. The van der Waals surface area contributed by atoms with Crippen LogP contribution in [0.15, 0.2) is 0 Å². The van der Waals surface area contributed by atoms with Crippen molar-refractivity contribution in [2.45, 2.75) is 69.8 Å². The summed E-state index contributed by atoms with van der Waals surface area (Å²) in [6.07, 6.45) is 10.9. The highest BCUT2D eigenvalue weighted by Gasteiger charge is 2.51. The maximum absolute atomic E-state index is 12.4. The lowest BCUT2D eigenvalue weighted by Gasteiger charge is -2.56. The Bertz CT molecular complexity index is 491. The van der Waals surface area contributed by atoms with E-state index in [1.54, 1.807) is 0 Å². The van der Waals surface area contributed by atoms with E-state index in [1.165, 1.54) is 38.5 Å². The molecule has 3 N–H and O–H groups in total. The largest absolute Gasteiger partial charge is 0.388 e. The van der Waals surface area contributed by atoms with Gasteiger partial charge in [-0.2, -0.15) is 0 Å². The first-order valence-corrected chi connectivity index (χ1v) is 9.70. The summed E-state index contributed by atoms with van der Waals surface area (Å²) in [6, 6.07) is 0. The minimum atomic E-state index is -0.709. The van der Waals surface area contributed by atoms with Crippen LogP contribution in [0.1, 0.15) is 64.2 Å². The average molecular weight is 334 g/mol. The molecular formula is C19H30N2O3. The Hall–Kier alpha value is -1.10. The Morgan fingerprint density at radius 3 is 2.00 bits per heavy atom. The van der Waals surface area contributed by atoms with Gasteiger partial charge < -0.3 is 15.7 Å². The SMILES string of the molecule is O=C(CNC(=O)CC12CC3CC(CC(C3)C1)C2)NCC1(O)CCC1. The number of aliphatic hydroxyl groups is 1. The van der Waals surface area contributed by atoms with E-state index in [1.807, 2.05) is 0 Å². The van der Waals surface area contributed by atoms with Crippen LogP contribution in [0.2, 0.25) is 0 Å². The van der Waals surface area contributed by atoms with Crippen molar-refractivity contribution in [1.82, 2.24) is 10.6 Å². The summed E-state index contributed by atoms with van der Waals surface area (Å²) < 4.78 is 0. The highest BCUT2D eigenvalue weighted by Crippen LogP contribution is 2.61. The van der Waals surface area contributed by atoms with Gasteiger partial charge >= 0.3 is 0 Å². The molecule has 0 radical (unpaired) electrons. The second-order valence-corrected chi connectivity index (χ2v) is 9.23. The van der Waals surface area contributed by atoms with E-state index >= 15 is 0 Å². The van der Waals surface area contributed by atoms with Gasteiger partial charge in [0.25, 0.3) is 0 Å². The fraction of sp³-hybridized carbons (Fsp3) is 0.895. The van der Waals surface area contributed by atoms with Gasteiger partial charge in [-0.1, -0.05) is 0 Å². The summed E-state index contributed by atoms with van der Waals surface area (Å²) in [5, 5.41) is 15.5. The smallest absolute Gasteiger partial charge is 0.239 e. The van der Waals surface area contributed by atoms with Gasteiger partial charge in [0, 0.05) is 13.0 Å². The molecule has 5 heteroatoms. The highest BCUT2D eigenvalue weighted by atomic mass is 16.3. The molecule has 5 fully saturated rings. The number of hydrogen-bond acceptors (Lipinski definition) is 3. The lowest BCUT2D eigenvalue weighted by atomic mass is 9.49. The molecule has 5 rings (SSSR count). The average Bonchev–Trinajstić information content (AvgIpc) is 2.47. The van der Waals surface area contributed by atoms with E-state index in [0.29, 0.717) is 13.0 Å². The molecular weight excluding hydrogens is 304 g/mol. The van der Waals surface area contributed by atoms with Crippen LogP contribution in [0.5, 0.6) is 0 Å². The topological polar surface area (TPSA) is 78.4 Å². The summed E-state index contributed by atoms with van der Waals surface area (Å²) in [4.78, 5) is 24.2. The lowest BCUT2D eigenvalue weighted by Crippen LogP contribution is -2.50. The van der Waals surface area contributed by atoms with E-state index in [9.17, 15) is 14.7 Å². The molecule has 5 nitrogen and oxygen atoms in total. The molecule has 5 aliphatic rings. The molecule has 0 unspecified atom stereocenters. The van der Waals surface area contributed by atoms with Gasteiger partial charge in [-0.15, -0.1) is 0 Å². The van der Waals surface area contributed by atoms with Crippen molar-refractivity contribution in [3.63, 3.8) is 0 Å². The number of carbonyl (C=O) groups excluding carboxylic acids is 2. The molecule has 0 aliphatic heterocycles. The second-order valence-electron chi connectivity index (χ2n) is 9.23. The summed E-state index contributed by atoms with van der Waals surface area (Å²) in [5.74, 6) is 2.35. The van der Waals surface area contributed by atoms with Crippen molar-refractivity contribution in [2.24, 2.45) is 23.2 Å². The van der Waals surface area contributed by atoms with E-state index in [0.717, 1.165) is 37.0 Å². The molecule has 2 amide bonds. The van der Waals surface area contributed by atoms with Crippen LogP contribution in [0, 0.1) is 23.2 Å². The van der Waals surface area contributed by atoms with Crippen molar-refractivity contribution in [3.05, 3.63) is 0 Å². The van der Waals surface area contributed by atoms with E-state index < -0.39 is 5.60 Å². The summed E-state index contributed by atoms with van der Waals surface area (Å²) in [6.45, 7) is 0.331. The molecule has 0 aromatic rings. The Kier molecular flexibility index (Phi) is 4.10. The molecule has 0 heterocycles. The summed E-state index contributed by atoms with van der Waals surface area (Å²) >= 11 is 0. The van der Waals surface area contributed by atoms with Crippen molar-refractivity contribution in [2.75, 3.05) is 13.1 Å². The predicted octanol–water partition coefficient (Wildman–Crippen LogP) is 1.74. The molecule has 5 aliphatic carbocycles. The molecule has 0 aromatic carbocycles. The second kappa shape index (κ2) is 6.01. The van der Waals surface area contributed by atoms with Crippen LogP contribution in [0.4, 0.5) is 0 Å². The summed E-state index contributed by atoms with van der Waals surface area (Å²) in [7, 11) is 0. The lowest BCUT2D eigenvalue weighted by molar-refractivity contribution is -0.132. The van der Waals surface area contributed by atoms with Crippen molar-refractivity contribution in [1.29, 1.82) is 0 Å². The zero-order valence-corrected chi connectivity index (χ0v) is 14.5. The van der Waals surface area contributed by atoms with Gasteiger partial charge in [0.2, 0.25) is 11.8 Å². The van der Waals surface area contributed by atoms with Crippen LogP contribution in [0.25, 0.3) is 0 Å². The van der Waals surface area contributed by atoms with Gasteiger partial charge in [-0.05, 0) is 81.0 Å².